The van der Waals surface area contributed by atoms with E-state index in [1.54, 1.807) is 45.1 Å². The molecule has 0 spiro atoms. The van der Waals surface area contributed by atoms with Gasteiger partial charge >= 0.3 is 62.1 Å². The first-order valence-electron chi connectivity index (χ1n) is 7.90. The number of carboxylic acids is 1. The van der Waals surface area contributed by atoms with Gasteiger partial charge in [0.2, 0.25) is 0 Å². The number of carbonyl (C=O) groups excluding carboxylic acids is 2. The Hall–Kier alpha value is 0.0295. The maximum absolute atomic E-state index is 11.4. The largest absolute Gasteiger partial charge is 0 e. The fourth-order valence-corrected chi connectivity index (χ4v) is 3.02. The van der Waals surface area contributed by atoms with E-state index in [0.717, 1.165) is 0 Å². The molecule has 0 N–H and O–H groups in total. The van der Waals surface area contributed by atoms with E-state index in [-0.39, 0.29) is 61.5 Å². The van der Waals surface area contributed by atoms with E-state index in [0.29, 0.717) is 18.5 Å². The topological polar surface area (TPSA) is 113 Å². The molecule has 0 saturated carbocycles. The monoisotopic (exact) mass is 534 g/mol. The van der Waals surface area contributed by atoms with E-state index in [9.17, 15) is 24.5 Å². The van der Waals surface area contributed by atoms with Crippen LogP contribution in [0.4, 0.5) is 0 Å². The van der Waals surface area contributed by atoms with Crippen molar-refractivity contribution in [2.45, 2.75) is 40.7 Å². The molecule has 0 aromatic heterocycles. The second-order valence-electron chi connectivity index (χ2n) is 5.65. The van der Waals surface area contributed by atoms with Gasteiger partial charge in [-0.15, -0.1) is 0 Å². The number of esters is 1. The van der Waals surface area contributed by atoms with Crippen LogP contribution in [0.5, 0.6) is 0 Å². The van der Waals surface area contributed by atoms with E-state index in [4.69, 9.17) is 4.74 Å². The zero-order valence-electron chi connectivity index (χ0n) is 15.9. The van der Waals surface area contributed by atoms with E-state index < -0.39 is 25.1 Å². The molecule has 0 fully saturated rings. The first-order valence-corrected chi connectivity index (χ1v) is 10.5. The SMILES string of the molecule is C/C(C(=O)[O-])=C(/C)C(=O)OC1C=CC=C1.CCP([O-])([O-])(CC)CC.[Co].[Co].[Co]. The number of hydrogen-bond acceptors (Lipinski definition) is 6. The van der Waals surface area contributed by atoms with Crippen LogP contribution in [-0.2, 0) is 64.7 Å². The van der Waals surface area contributed by atoms with Gasteiger partial charge in [0.25, 0.3) is 0 Å². The van der Waals surface area contributed by atoms with Gasteiger partial charge in [-0.2, -0.15) is 0 Å². The third-order valence-electron chi connectivity index (χ3n) is 4.25. The Bertz CT molecular complexity index is 542. The number of ether oxygens (including phenoxy) is 1. The van der Waals surface area contributed by atoms with E-state index in [2.05, 4.69) is 0 Å². The number of aliphatic carboxylic acids is 1. The standard InChI is InChI=1S/C11H12O4.C6H15O2P.3Co/c1-7(10(12)13)8(2)11(14)15-9-5-3-4-6-9;1-4-9(7,8,5-2)6-3;;;/h3-6,9H,1-2H3,(H,12,13);4-6H2,1-3H3;;;/q;-2;;;/p-1/b8-7+;;;;. The Morgan fingerprint density at radius 2 is 1.26 bits per heavy atom. The van der Waals surface area contributed by atoms with Crippen molar-refractivity contribution in [2.24, 2.45) is 0 Å². The summed E-state index contributed by atoms with van der Waals surface area (Å²) in [4.78, 5) is 44.6. The summed E-state index contributed by atoms with van der Waals surface area (Å²) in [5, 5.41) is 10.5. The molecule has 27 heavy (non-hydrogen) atoms. The Kier molecular flexibility index (Phi) is 19.1. The first-order chi connectivity index (χ1) is 11.0. The summed E-state index contributed by atoms with van der Waals surface area (Å²) in [6.07, 6.45) is 7.40. The molecule has 0 unspecified atom stereocenters. The summed E-state index contributed by atoms with van der Waals surface area (Å²) in [5.74, 6) is -2.00. The number of hydrogen-bond donors (Lipinski definition) is 0. The fourth-order valence-electron chi connectivity index (χ4n) is 1.68. The van der Waals surface area contributed by atoms with Crippen molar-refractivity contribution in [3.63, 3.8) is 0 Å². The molecule has 0 atom stereocenters. The molecule has 1 aliphatic rings. The fraction of sp³-hybridized carbons (Fsp3) is 0.529. The van der Waals surface area contributed by atoms with E-state index in [1.807, 2.05) is 0 Å². The predicted octanol–water partition coefficient (Wildman–Crippen LogP) is 0.253. The molecular weight excluding hydrogens is 508 g/mol. The summed E-state index contributed by atoms with van der Waals surface area (Å²) < 4.78 is 4.98. The number of carboxylic acid groups (broad SMARTS) is 1. The van der Waals surface area contributed by atoms with Gasteiger partial charge in [-0.3, -0.25) is 0 Å². The van der Waals surface area contributed by atoms with Crippen LogP contribution in [0.15, 0.2) is 35.5 Å². The maximum atomic E-state index is 11.4. The zero-order chi connectivity index (χ0) is 19.0. The van der Waals surface area contributed by atoms with Gasteiger partial charge in [0.05, 0.1) is 5.97 Å². The Labute approximate surface area is 192 Å². The second-order valence-corrected chi connectivity index (χ2v) is 10.6. The van der Waals surface area contributed by atoms with Crippen molar-refractivity contribution in [2.75, 3.05) is 18.5 Å². The molecule has 0 aromatic carbocycles. The van der Waals surface area contributed by atoms with Crippen LogP contribution in [0, 0.1) is 0 Å². The van der Waals surface area contributed by atoms with Crippen molar-refractivity contribution >= 4 is 19.0 Å². The molecule has 0 bridgehead atoms. The second kappa shape index (κ2) is 14.9. The Balaban J connectivity index is -0.000000195. The molecule has 0 heterocycles. The smallest absolute Gasteiger partial charge is 0 e. The van der Waals surface area contributed by atoms with Gasteiger partial charge in [0.15, 0.2) is 0 Å². The summed E-state index contributed by atoms with van der Waals surface area (Å²) >= 11 is 0. The molecule has 0 aromatic rings. The van der Waals surface area contributed by atoms with Gasteiger partial charge in [0, 0.05) is 55.9 Å². The molecular formula is C17H26Co3O6P-3. The van der Waals surface area contributed by atoms with Gasteiger partial charge in [-0.25, -0.2) is 4.79 Å². The average Bonchev–Trinajstić information content (AvgIpc) is 3.07. The molecule has 0 amide bonds. The molecule has 0 saturated heterocycles. The minimum absolute atomic E-state index is 0. The quantitative estimate of drug-likeness (QED) is 0.275. The third kappa shape index (κ3) is 12.2. The summed E-state index contributed by atoms with van der Waals surface area (Å²) in [6, 6.07) is 0. The van der Waals surface area contributed by atoms with Crippen LogP contribution in [0.2, 0.25) is 0 Å². The minimum atomic E-state index is -3.63. The number of carbonyl (C=O) groups is 2. The van der Waals surface area contributed by atoms with Crippen LogP contribution in [-0.4, -0.2) is 36.5 Å². The van der Waals surface area contributed by atoms with Gasteiger partial charge in [-0.05, 0) is 31.6 Å². The van der Waals surface area contributed by atoms with Crippen molar-refractivity contribution < 1.29 is 79.6 Å². The van der Waals surface area contributed by atoms with Crippen molar-refractivity contribution in [1.29, 1.82) is 0 Å². The van der Waals surface area contributed by atoms with Crippen molar-refractivity contribution in [3.8, 4) is 0 Å². The summed E-state index contributed by atoms with van der Waals surface area (Å²) in [7, 11) is -3.63. The molecule has 3 radical (unpaired) electrons. The van der Waals surface area contributed by atoms with Crippen LogP contribution in [0.3, 0.4) is 0 Å². The van der Waals surface area contributed by atoms with Crippen LogP contribution < -0.4 is 14.9 Å². The van der Waals surface area contributed by atoms with Crippen LogP contribution in [0.1, 0.15) is 34.6 Å². The molecule has 165 valence electrons. The van der Waals surface area contributed by atoms with Gasteiger partial charge < -0.3 is 14.6 Å². The first kappa shape index (κ1) is 34.5. The molecule has 0 aliphatic heterocycles. The molecule has 1 aliphatic carbocycles. The third-order valence-corrected chi connectivity index (χ3v) is 8.48. The van der Waals surface area contributed by atoms with Crippen molar-refractivity contribution in [3.05, 3.63) is 35.5 Å². The molecule has 10 heteroatoms. The minimum Gasteiger partial charge on any atom is 0 e. The van der Waals surface area contributed by atoms with Crippen molar-refractivity contribution in [1.82, 2.24) is 0 Å². The van der Waals surface area contributed by atoms with Gasteiger partial charge in [0.1, 0.15) is 6.10 Å². The number of allylic oxidation sites excluding steroid dienone is 2. The Morgan fingerprint density at radius 3 is 1.52 bits per heavy atom. The maximum Gasteiger partial charge on any atom is 0 e. The summed E-state index contributed by atoms with van der Waals surface area (Å²) in [6.45, 7) is 7.85. The van der Waals surface area contributed by atoms with E-state index >= 15 is 0 Å². The normalized spacial score (nSPS) is 14.7. The van der Waals surface area contributed by atoms with E-state index in [1.165, 1.54) is 13.8 Å². The summed E-state index contributed by atoms with van der Waals surface area (Å²) in [5.41, 5.74) is -0.0466. The van der Waals surface area contributed by atoms with Gasteiger partial charge in [-0.1, -0.05) is 12.2 Å². The number of rotatable bonds is 6. The average molecular weight is 534 g/mol. The molecule has 6 nitrogen and oxygen atoms in total. The predicted molar refractivity (Wildman–Crippen MR) is 90.1 cm³/mol. The Morgan fingerprint density at radius 1 is 0.889 bits per heavy atom. The zero-order valence-corrected chi connectivity index (χ0v) is 19.9. The molecule has 1 rings (SSSR count). The van der Waals surface area contributed by atoms with Crippen LogP contribution in [0.25, 0.3) is 0 Å². The van der Waals surface area contributed by atoms with Crippen LogP contribution >= 0.6 is 7.06 Å².